The van der Waals surface area contributed by atoms with Crippen LogP contribution in [-0.2, 0) is 4.74 Å². The monoisotopic (exact) mass is 249 g/mol. The second-order valence-corrected chi connectivity index (χ2v) is 4.54. The third-order valence-electron chi connectivity index (χ3n) is 3.16. The van der Waals surface area contributed by atoms with Crippen molar-refractivity contribution in [3.8, 4) is 0 Å². The molecule has 0 aromatic carbocycles. The van der Waals surface area contributed by atoms with Crippen LogP contribution in [0, 0.1) is 6.92 Å². The van der Waals surface area contributed by atoms with Crippen LogP contribution in [0.3, 0.4) is 0 Å². The normalized spacial score (nSPS) is 15.7. The molecule has 98 valence electrons. The molecule has 1 saturated carbocycles. The summed E-state index contributed by atoms with van der Waals surface area (Å²) in [4.78, 5) is 20.1. The van der Waals surface area contributed by atoms with Gasteiger partial charge in [-0.1, -0.05) is 12.8 Å². The lowest BCUT2D eigenvalue weighted by Gasteiger charge is -2.12. The lowest BCUT2D eigenvalue weighted by molar-refractivity contribution is 0.0524. The molecule has 18 heavy (non-hydrogen) atoms. The molecular weight excluding hydrogens is 230 g/mol. The highest BCUT2D eigenvalue weighted by atomic mass is 16.5. The summed E-state index contributed by atoms with van der Waals surface area (Å²) in [6, 6.07) is 0.470. The van der Waals surface area contributed by atoms with E-state index in [1.807, 2.05) is 0 Å². The number of rotatable bonds is 4. The smallest absolute Gasteiger partial charge is 0.341 e. The number of aryl methyl sites for hydroxylation is 1. The third-order valence-corrected chi connectivity index (χ3v) is 3.16. The van der Waals surface area contributed by atoms with Crippen molar-refractivity contribution >= 4 is 11.9 Å². The van der Waals surface area contributed by atoms with Crippen molar-refractivity contribution in [3.63, 3.8) is 0 Å². The summed E-state index contributed by atoms with van der Waals surface area (Å²) >= 11 is 0. The number of aromatic nitrogens is 2. The Morgan fingerprint density at radius 2 is 2.22 bits per heavy atom. The van der Waals surface area contributed by atoms with Crippen molar-refractivity contribution in [2.75, 3.05) is 11.9 Å². The van der Waals surface area contributed by atoms with E-state index in [9.17, 15) is 4.79 Å². The fraction of sp³-hybridized carbons (Fsp3) is 0.615. The van der Waals surface area contributed by atoms with Crippen LogP contribution in [0.2, 0.25) is 0 Å². The van der Waals surface area contributed by atoms with Crippen molar-refractivity contribution in [3.05, 3.63) is 17.5 Å². The average molecular weight is 249 g/mol. The number of carbonyl (C=O) groups is 1. The largest absolute Gasteiger partial charge is 0.462 e. The quantitative estimate of drug-likeness (QED) is 0.830. The molecule has 0 unspecified atom stereocenters. The Labute approximate surface area is 107 Å². The van der Waals surface area contributed by atoms with Crippen LogP contribution in [0.1, 0.15) is 48.7 Å². The van der Waals surface area contributed by atoms with Crippen LogP contribution in [-0.4, -0.2) is 28.6 Å². The topological polar surface area (TPSA) is 64.1 Å². The number of hydrogen-bond donors (Lipinski definition) is 1. The average Bonchev–Trinajstić information content (AvgIpc) is 2.82. The number of carbonyl (C=O) groups excluding carboxylic acids is 1. The molecular formula is C13H19N3O2. The van der Waals surface area contributed by atoms with Gasteiger partial charge in [-0.15, -0.1) is 0 Å². The first-order valence-electron chi connectivity index (χ1n) is 6.48. The molecule has 1 aliphatic carbocycles. The minimum Gasteiger partial charge on any atom is -0.462 e. The highest BCUT2D eigenvalue weighted by molar-refractivity contribution is 5.90. The number of ether oxygens (including phenoxy) is 1. The molecule has 1 aromatic rings. The van der Waals surface area contributed by atoms with E-state index < -0.39 is 0 Å². The van der Waals surface area contributed by atoms with E-state index in [2.05, 4.69) is 15.3 Å². The van der Waals surface area contributed by atoms with Gasteiger partial charge in [0.2, 0.25) is 5.95 Å². The minimum absolute atomic E-state index is 0.359. The first-order valence-corrected chi connectivity index (χ1v) is 6.48. The Hall–Kier alpha value is -1.65. The van der Waals surface area contributed by atoms with Crippen molar-refractivity contribution in [1.29, 1.82) is 0 Å². The van der Waals surface area contributed by atoms with Crippen molar-refractivity contribution in [2.45, 2.75) is 45.6 Å². The number of esters is 1. The fourth-order valence-corrected chi connectivity index (χ4v) is 2.20. The third kappa shape index (κ3) is 2.97. The van der Waals surface area contributed by atoms with Gasteiger partial charge in [0.25, 0.3) is 0 Å². The van der Waals surface area contributed by atoms with Crippen LogP contribution < -0.4 is 5.32 Å². The second-order valence-electron chi connectivity index (χ2n) is 4.54. The summed E-state index contributed by atoms with van der Waals surface area (Å²) in [5, 5.41) is 3.31. The molecule has 0 bridgehead atoms. The van der Waals surface area contributed by atoms with Crippen molar-refractivity contribution < 1.29 is 9.53 Å². The maximum atomic E-state index is 11.6. The molecule has 1 fully saturated rings. The van der Waals surface area contributed by atoms with E-state index in [1.54, 1.807) is 13.8 Å². The summed E-state index contributed by atoms with van der Waals surface area (Å²) in [7, 11) is 0. The molecule has 0 saturated heterocycles. The maximum absolute atomic E-state index is 11.6. The lowest BCUT2D eigenvalue weighted by atomic mass is 10.2. The predicted molar refractivity (Wildman–Crippen MR) is 68.6 cm³/mol. The molecule has 0 spiro atoms. The first kappa shape index (κ1) is 12.8. The van der Waals surface area contributed by atoms with E-state index in [1.165, 1.54) is 31.9 Å². The maximum Gasteiger partial charge on any atom is 0.341 e. The molecule has 1 N–H and O–H groups in total. The van der Waals surface area contributed by atoms with Crippen LogP contribution in [0.25, 0.3) is 0 Å². The zero-order valence-electron chi connectivity index (χ0n) is 10.9. The zero-order chi connectivity index (χ0) is 13.0. The molecule has 5 heteroatoms. The minimum atomic E-state index is -0.359. The van der Waals surface area contributed by atoms with E-state index in [0.717, 1.165) is 0 Å². The molecule has 0 radical (unpaired) electrons. The van der Waals surface area contributed by atoms with E-state index in [4.69, 9.17) is 4.74 Å². The highest BCUT2D eigenvalue weighted by Crippen LogP contribution is 2.21. The Balaban J connectivity index is 2.06. The fourth-order valence-electron chi connectivity index (χ4n) is 2.20. The van der Waals surface area contributed by atoms with Crippen molar-refractivity contribution in [1.82, 2.24) is 9.97 Å². The van der Waals surface area contributed by atoms with Crippen LogP contribution in [0.5, 0.6) is 0 Å². The van der Waals surface area contributed by atoms with E-state index >= 15 is 0 Å². The Morgan fingerprint density at radius 3 is 2.83 bits per heavy atom. The van der Waals surface area contributed by atoms with Gasteiger partial charge in [-0.3, -0.25) is 0 Å². The van der Waals surface area contributed by atoms with Gasteiger partial charge in [-0.2, -0.15) is 0 Å². The predicted octanol–water partition coefficient (Wildman–Crippen LogP) is 2.32. The van der Waals surface area contributed by atoms with Gasteiger partial charge >= 0.3 is 5.97 Å². The van der Waals surface area contributed by atoms with E-state index in [-0.39, 0.29) is 5.97 Å². The molecule has 0 atom stereocenters. The summed E-state index contributed by atoms with van der Waals surface area (Å²) in [6.07, 6.45) is 6.40. The summed E-state index contributed by atoms with van der Waals surface area (Å²) in [5.74, 6) is 0.245. The van der Waals surface area contributed by atoms with Gasteiger partial charge in [0, 0.05) is 12.2 Å². The van der Waals surface area contributed by atoms with Gasteiger partial charge in [-0.25, -0.2) is 14.8 Å². The van der Waals surface area contributed by atoms with Crippen LogP contribution in [0.4, 0.5) is 5.95 Å². The molecule has 0 amide bonds. The van der Waals surface area contributed by atoms with Gasteiger partial charge in [0.15, 0.2) is 0 Å². The zero-order valence-corrected chi connectivity index (χ0v) is 10.9. The summed E-state index contributed by atoms with van der Waals surface area (Å²) < 4.78 is 4.94. The SMILES string of the molecule is CCOC(=O)c1cnc(NC2CCCC2)nc1C. The number of hydrogen-bond acceptors (Lipinski definition) is 5. The number of anilines is 1. The second kappa shape index (κ2) is 5.80. The lowest BCUT2D eigenvalue weighted by Crippen LogP contribution is -2.18. The van der Waals surface area contributed by atoms with Gasteiger partial charge in [0.05, 0.1) is 17.9 Å². The molecule has 0 aliphatic heterocycles. The Bertz CT molecular complexity index is 428. The summed E-state index contributed by atoms with van der Waals surface area (Å²) in [5.41, 5.74) is 1.10. The Kier molecular flexibility index (Phi) is 4.12. The first-order chi connectivity index (χ1) is 8.70. The van der Waals surface area contributed by atoms with Gasteiger partial charge in [-0.05, 0) is 26.7 Å². The number of nitrogens with zero attached hydrogens (tertiary/aromatic N) is 2. The summed E-state index contributed by atoms with van der Waals surface area (Å²) in [6.45, 7) is 3.94. The van der Waals surface area contributed by atoms with Gasteiger partial charge < -0.3 is 10.1 Å². The standard InChI is InChI=1S/C13H19N3O2/c1-3-18-12(17)11-8-14-13(15-9(11)2)16-10-6-4-5-7-10/h8,10H,3-7H2,1-2H3,(H,14,15,16). The molecule has 1 heterocycles. The molecule has 2 rings (SSSR count). The molecule has 1 aromatic heterocycles. The van der Waals surface area contributed by atoms with Gasteiger partial charge in [0.1, 0.15) is 0 Å². The van der Waals surface area contributed by atoms with Crippen molar-refractivity contribution in [2.24, 2.45) is 0 Å². The number of nitrogens with one attached hydrogen (secondary N) is 1. The molecule has 5 nitrogen and oxygen atoms in total. The van der Waals surface area contributed by atoms with Crippen LogP contribution >= 0.6 is 0 Å². The molecule has 1 aliphatic rings. The highest BCUT2D eigenvalue weighted by Gasteiger charge is 2.17. The van der Waals surface area contributed by atoms with E-state index in [0.29, 0.717) is 29.9 Å². The van der Waals surface area contributed by atoms with Crippen LogP contribution in [0.15, 0.2) is 6.20 Å². The Morgan fingerprint density at radius 1 is 1.50 bits per heavy atom.